The van der Waals surface area contributed by atoms with Gasteiger partial charge in [-0.25, -0.2) is 14.8 Å². The number of benzene rings is 3. The normalized spacial score (nSPS) is 11.8. The number of hydrogen-bond acceptors (Lipinski definition) is 7. The minimum atomic E-state index is -0.820. The van der Waals surface area contributed by atoms with Crippen molar-refractivity contribution in [2.24, 2.45) is 0 Å². The number of carbonyl (C=O) groups excluding carboxylic acids is 2. The molecule has 0 saturated carbocycles. The highest BCUT2D eigenvalue weighted by Crippen LogP contribution is 2.25. The van der Waals surface area contributed by atoms with E-state index >= 15 is 0 Å². The van der Waals surface area contributed by atoms with Crippen molar-refractivity contribution < 1.29 is 14.3 Å². The van der Waals surface area contributed by atoms with Gasteiger partial charge in [0.25, 0.3) is 5.91 Å². The van der Waals surface area contributed by atoms with Crippen LogP contribution in [0.1, 0.15) is 16.1 Å². The third kappa shape index (κ3) is 5.23. The smallest absolute Gasteiger partial charge is 0.328 e. The molecule has 10 heteroatoms. The van der Waals surface area contributed by atoms with Gasteiger partial charge in [-0.05, 0) is 42.0 Å². The molecule has 1 unspecified atom stereocenters. The zero-order chi connectivity index (χ0) is 27.5. The summed E-state index contributed by atoms with van der Waals surface area (Å²) in [5, 5.41) is 14.9. The van der Waals surface area contributed by atoms with E-state index in [1.807, 2.05) is 66.7 Å². The number of nitrogens with one attached hydrogen (secondary N) is 4. The van der Waals surface area contributed by atoms with Crippen LogP contribution < -0.4 is 10.6 Å². The average molecular weight is 532 g/mol. The number of fused-ring (bicyclic) bond motifs is 2. The second-order valence-electron chi connectivity index (χ2n) is 9.29. The van der Waals surface area contributed by atoms with Gasteiger partial charge in [-0.3, -0.25) is 9.89 Å². The molecule has 198 valence electrons. The molecule has 3 aromatic carbocycles. The van der Waals surface area contributed by atoms with E-state index in [-0.39, 0.29) is 0 Å². The highest BCUT2D eigenvalue weighted by Gasteiger charge is 2.23. The molecule has 4 N–H and O–H groups in total. The van der Waals surface area contributed by atoms with Gasteiger partial charge in [-0.2, -0.15) is 5.10 Å². The van der Waals surface area contributed by atoms with Crippen LogP contribution in [0.15, 0.2) is 91.3 Å². The van der Waals surface area contributed by atoms with E-state index in [1.165, 1.54) is 7.11 Å². The van der Waals surface area contributed by atoms with Gasteiger partial charge in [0.05, 0.1) is 18.8 Å². The molecule has 0 bridgehead atoms. The molecule has 0 radical (unpaired) electrons. The summed E-state index contributed by atoms with van der Waals surface area (Å²) in [6.07, 6.45) is 3.78. The number of rotatable bonds is 8. The number of methoxy groups -OCH3 is 1. The second-order valence-corrected chi connectivity index (χ2v) is 9.29. The minimum Gasteiger partial charge on any atom is -0.467 e. The van der Waals surface area contributed by atoms with Crippen LogP contribution in [-0.4, -0.2) is 50.2 Å². The molecule has 6 aromatic rings. The van der Waals surface area contributed by atoms with Crippen molar-refractivity contribution in [1.82, 2.24) is 30.5 Å². The van der Waals surface area contributed by atoms with Crippen molar-refractivity contribution in [1.29, 1.82) is 0 Å². The number of amides is 1. The molecule has 0 saturated heterocycles. The van der Waals surface area contributed by atoms with Crippen LogP contribution in [0, 0.1) is 0 Å². The summed E-state index contributed by atoms with van der Waals surface area (Å²) in [6.45, 7) is 0. The summed E-state index contributed by atoms with van der Waals surface area (Å²) in [4.78, 5) is 37.7. The van der Waals surface area contributed by atoms with Gasteiger partial charge in [0.2, 0.25) is 0 Å². The first-order chi connectivity index (χ1) is 19.6. The lowest BCUT2D eigenvalue weighted by atomic mass is 10.1. The molecule has 6 rings (SSSR count). The maximum Gasteiger partial charge on any atom is 0.328 e. The van der Waals surface area contributed by atoms with Crippen LogP contribution in [0.2, 0.25) is 0 Å². The summed E-state index contributed by atoms with van der Waals surface area (Å²) in [5.74, 6) is 0.268. The predicted octanol–water partition coefficient (Wildman–Crippen LogP) is 4.76. The summed E-state index contributed by atoms with van der Waals surface area (Å²) >= 11 is 0. The highest BCUT2D eigenvalue weighted by molar-refractivity contribution is 6.00. The van der Waals surface area contributed by atoms with Crippen molar-refractivity contribution in [3.63, 3.8) is 0 Å². The standard InChI is InChI=1S/C30H25N7O3/c1-40-30(39)26(13-18-5-3-2-4-6-18)35-29(38)25-15-19-7-8-20(16-24(19)34-25)28-31-12-11-27(36-28)33-22-9-10-23-21(14-22)17-32-37-23/h2-12,14-17,26,34H,13H2,1H3,(H,32,37)(H,35,38)(H,31,33,36). The van der Waals surface area contributed by atoms with E-state index < -0.39 is 17.9 Å². The first kappa shape index (κ1) is 24.8. The molecular weight excluding hydrogens is 506 g/mol. The van der Waals surface area contributed by atoms with Crippen molar-refractivity contribution in [2.45, 2.75) is 12.5 Å². The van der Waals surface area contributed by atoms with Gasteiger partial charge in [0.1, 0.15) is 17.6 Å². The molecule has 0 aliphatic rings. The Balaban J connectivity index is 1.20. The van der Waals surface area contributed by atoms with Crippen LogP contribution in [-0.2, 0) is 16.0 Å². The zero-order valence-electron chi connectivity index (χ0n) is 21.5. The Kier molecular flexibility index (Phi) is 6.63. The monoisotopic (exact) mass is 531 g/mol. The lowest BCUT2D eigenvalue weighted by Crippen LogP contribution is -2.43. The van der Waals surface area contributed by atoms with Crippen LogP contribution in [0.4, 0.5) is 11.5 Å². The number of H-pyrrole nitrogens is 2. The lowest BCUT2D eigenvalue weighted by molar-refractivity contribution is -0.142. The van der Waals surface area contributed by atoms with Crippen molar-refractivity contribution >= 4 is 45.2 Å². The molecule has 3 heterocycles. The summed E-state index contributed by atoms with van der Waals surface area (Å²) in [6, 6.07) is 23.8. The molecule has 0 aliphatic heterocycles. The minimum absolute atomic E-state index is 0.321. The molecular formula is C30H25N7O3. The third-order valence-corrected chi connectivity index (χ3v) is 6.57. The number of nitrogens with zero attached hydrogens (tertiary/aromatic N) is 3. The van der Waals surface area contributed by atoms with Gasteiger partial charge in [-0.15, -0.1) is 0 Å². The fourth-order valence-electron chi connectivity index (χ4n) is 4.55. The quantitative estimate of drug-likeness (QED) is 0.208. The van der Waals surface area contributed by atoms with Crippen LogP contribution in [0.3, 0.4) is 0 Å². The van der Waals surface area contributed by atoms with E-state index in [0.717, 1.165) is 38.6 Å². The van der Waals surface area contributed by atoms with E-state index in [2.05, 4.69) is 35.8 Å². The van der Waals surface area contributed by atoms with Crippen molar-refractivity contribution in [2.75, 3.05) is 12.4 Å². The lowest BCUT2D eigenvalue weighted by Gasteiger charge is -2.16. The number of hydrogen-bond donors (Lipinski definition) is 4. The fraction of sp³-hybridized carbons (Fsp3) is 0.100. The molecule has 1 amide bonds. The van der Waals surface area contributed by atoms with Gasteiger partial charge in [0.15, 0.2) is 5.82 Å². The fourth-order valence-corrected chi connectivity index (χ4v) is 4.55. The Bertz CT molecular complexity index is 1830. The summed E-state index contributed by atoms with van der Waals surface area (Å²) in [7, 11) is 1.31. The maximum absolute atomic E-state index is 13.1. The summed E-state index contributed by atoms with van der Waals surface area (Å²) < 4.78 is 4.92. The van der Waals surface area contributed by atoms with E-state index in [4.69, 9.17) is 4.74 Å². The van der Waals surface area contributed by atoms with E-state index in [9.17, 15) is 9.59 Å². The van der Waals surface area contributed by atoms with E-state index in [1.54, 1.807) is 24.5 Å². The Labute approximate surface area is 228 Å². The topological polar surface area (TPSA) is 138 Å². The second kappa shape index (κ2) is 10.7. The number of esters is 1. The molecule has 3 aromatic heterocycles. The van der Waals surface area contributed by atoms with Crippen molar-refractivity contribution in [3.05, 3.63) is 103 Å². The van der Waals surface area contributed by atoms with Crippen LogP contribution in [0.5, 0.6) is 0 Å². The number of anilines is 2. The summed E-state index contributed by atoms with van der Waals surface area (Å²) in [5.41, 5.74) is 4.61. The molecule has 0 spiro atoms. The Morgan fingerprint density at radius 2 is 1.82 bits per heavy atom. The average Bonchev–Trinajstić information content (AvgIpc) is 3.63. The number of ether oxygens (including phenoxy) is 1. The zero-order valence-corrected chi connectivity index (χ0v) is 21.5. The Morgan fingerprint density at radius 1 is 0.950 bits per heavy atom. The van der Waals surface area contributed by atoms with Gasteiger partial charge >= 0.3 is 5.97 Å². The third-order valence-electron chi connectivity index (χ3n) is 6.57. The van der Waals surface area contributed by atoms with Gasteiger partial charge in [-0.1, -0.05) is 42.5 Å². The largest absolute Gasteiger partial charge is 0.467 e. The van der Waals surface area contributed by atoms with Crippen LogP contribution >= 0.6 is 0 Å². The SMILES string of the molecule is COC(=O)C(Cc1ccccc1)NC(=O)c1cc2ccc(-c3nccc(Nc4ccc5[nH]ncc5c4)n3)cc2[nH]1. The Hall–Kier alpha value is -5.51. The highest BCUT2D eigenvalue weighted by atomic mass is 16.5. The Morgan fingerprint density at radius 3 is 2.67 bits per heavy atom. The van der Waals surface area contributed by atoms with Gasteiger partial charge in [0, 0.05) is 40.2 Å². The number of carbonyl (C=O) groups is 2. The maximum atomic E-state index is 13.1. The molecule has 10 nitrogen and oxygen atoms in total. The van der Waals surface area contributed by atoms with E-state index in [0.29, 0.717) is 23.8 Å². The van der Waals surface area contributed by atoms with Gasteiger partial charge < -0.3 is 20.4 Å². The first-order valence-corrected chi connectivity index (χ1v) is 12.6. The molecule has 0 aliphatic carbocycles. The van der Waals surface area contributed by atoms with Crippen molar-refractivity contribution in [3.8, 4) is 11.4 Å². The first-order valence-electron chi connectivity index (χ1n) is 12.6. The molecule has 1 atom stereocenters. The molecule has 40 heavy (non-hydrogen) atoms. The number of aromatic nitrogens is 5. The number of aromatic amines is 2. The predicted molar refractivity (Wildman–Crippen MR) is 152 cm³/mol. The van der Waals surface area contributed by atoms with Crippen LogP contribution in [0.25, 0.3) is 33.2 Å². The molecule has 0 fully saturated rings.